The van der Waals surface area contributed by atoms with E-state index in [0.717, 1.165) is 10.5 Å². The second kappa shape index (κ2) is 20.2. The third-order valence-electron chi connectivity index (χ3n) is 8.25. The van der Waals surface area contributed by atoms with Crippen LogP contribution in [0.3, 0.4) is 0 Å². The van der Waals surface area contributed by atoms with Crippen molar-refractivity contribution in [3.05, 3.63) is 102 Å². The Kier molecular flexibility index (Phi) is 16.1. The molecule has 302 valence electrons. The van der Waals surface area contributed by atoms with Crippen molar-refractivity contribution >= 4 is 35.7 Å². The number of phenols is 1. The molecule has 0 radical (unpaired) electrons. The zero-order chi connectivity index (χ0) is 41.6. The number of hydrogen-bond acceptors (Lipinski definition) is 10. The molecule has 3 aromatic carbocycles. The highest BCUT2D eigenvalue weighted by Crippen LogP contribution is 2.18. The third kappa shape index (κ3) is 14.8. The van der Waals surface area contributed by atoms with Crippen molar-refractivity contribution in [2.24, 2.45) is 11.7 Å². The van der Waals surface area contributed by atoms with Gasteiger partial charge >= 0.3 is 12.1 Å². The highest BCUT2D eigenvalue weighted by atomic mass is 16.6. The van der Waals surface area contributed by atoms with Crippen molar-refractivity contribution in [2.45, 2.75) is 104 Å². The number of nitrogens with one attached hydrogen (secondary N) is 3. The molecule has 0 aliphatic heterocycles. The zero-order valence-electron chi connectivity index (χ0n) is 33.2. The van der Waals surface area contributed by atoms with E-state index in [1.54, 1.807) is 75.4 Å². The van der Waals surface area contributed by atoms with Gasteiger partial charge in [0.15, 0.2) is 0 Å². The Labute approximate surface area is 328 Å². The zero-order valence-corrected chi connectivity index (χ0v) is 33.2. The predicted octanol–water partition coefficient (Wildman–Crippen LogP) is 3.92. The number of rotatable bonds is 17. The summed E-state index contributed by atoms with van der Waals surface area (Å²) in [5.74, 6) is -4.23. The summed E-state index contributed by atoms with van der Waals surface area (Å²) in [6.45, 7) is 10.7. The van der Waals surface area contributed by atoms with E-state index in [2.05, 4.69) is 16.0 Å². The fraction of sp³-hybridized carbons (Fsp3) is 0.429. The summed E-state index contributed by atoms with van der Waals surface area (Å²) in [5, 5.41) is 17.5. The highest BCUT2D eigenvalue weighted by molar-refractivity contribution is 6.05. The summed E-state index contributed by atoms with van der Waals surface area (Å²) in [7, 11) is 0. The number of aromatic hydroxyl groups is 1. The quantitative estimate of drug-likeness (QED) is 0.125. The second-order valence-corrected chi connectivity index (χ2v) is 15.6. The van der Waals surface area contributed by atoms with Gasteiger partial charge in [-0.05, 0) is 75.8 Å². The van der Waals surface area contributed by atoms with Gasteiger partial charge in [0.25, 0.3) is 0 Å². The van der Waals surface area contributed by atoms with Gasteiger partial charge < -0.3 is 36.3 Å². The highest BCUT2D eigenvalue weighted by Gasteiger charge is 2.41. The summed E-state index contributed by atoms with van der Waals surface area (Å²) in [6.07, 6.45) is -0.882. The maximum Gasteiger partial charge on any atom is 0.408 e. The molecule has 0 aliphatic rings. The number of esters is 1. The van der Waals surface area contributed by atoms with Crippen LogP contribution in [0, 0.1) is 5.92 Å². The Morgan fingerprint density at radius 3 is 1.82 bits per heavy atom. The molecule has 14 heteroatoms. The van der Waals surface area contributed by atoms with Crippen molar-refractivity contribution in [3.63, 3.8) is 0 Å². The normalized spacial score (nSPS) is 13.1. The second-order valence-electron chi connectivity index (χ2n) is 15.6. The Balaban J connectivity index is 1.94. The van der Waals surface area contributed by atoms with Crippen LogP contribution in [0.4, 0.5) is 4.79 Å². The van der Waals surface area contributed by atoms with Gasteiger partial charge in [0.05, 0.1) is 12.1 Å². The fourth-order valence-corrected chi connectivity index (χ4v) is 5.56. The lowest BCUT2D eigenvalue weighted by Gasteiger charge is -2.34. The first-order valence-electron chi connectivity index (χ1n) is 18.5. The first kappa shape index (κ1) is 44.6. The minimum atomic E-state index is -1.65. The lowest BCUT2D eigenvalue weighted by atomic mass is 9.98. The number of amides is 5. The Bertz CT molecular complexity index is 1790. The van der Waals surface area contributed by atoms with Crippen LogP contribution in [-0.2, 0) is 52.9 Å². The topological polar surface area (TPSA) is 206 Å². The summed E-state index contributed by atoms with van der Waals surface area (Å²) >= 11 is 0. The van der Waals surface area contributed by atoms with Crippen LogP contribution >= 0.6 is 0 Å². The maximum atomic E-state index is 14.3. The van der Waals surface area contributed by atoms with E-state index in [-0.39, 0.29) is 37.5 Å². The smallest absolute Gasteiger partial charge is 0.408 e. The average Bonchev–Trinajstić information content (AvgIpc) is 3.12. The first-order chi connectivity index (χ1) is 26.2. The van der Waals surface area contributed by atoms with E-state index in [4.69, 9.17) is 15.2 Å². The predicted molar refractivity (Wildman–Crippen MR) is 210 cm³/mol. The lowest BCUT2D eigenvalue weighted by molar-refractivity contribution is -0.156. The van der Waals surface area contributed by atoms with E-state index < -0.39 is 71.5 Å². The molecule has 0 fully saturated rings. The molecular formula is C42H55N5O9. The average molecular weight is 774 g/mol. The molecule has 0 bridgehead atoms. The molecule has 0 saturated heterocycles. The number of phenolic OH excluding ortho intramolecular Hbond substituents is 1. The number of ether oxygens (including phenoxy) is 2. The monoisotopic (exact) mass is 773 g/mol. The molecule has 0 aromatic heterocycles. The largest absolute Gasteiger partial charge is 0.508 e. The molecule has 5 amide bonds. The van der Waals surface area contributed by atoms with Gasteiger partial charge in [-0.2, -0.15) is 0 Å². The Morgan fingerprint density at radius 2 is 1.29 bits per heavy atom. The number of imide groups is 1. The maximum absolute atomic E-state index is 14.3. The number of nitrogens with zero attached hydrogens (tertiary/aromatic N) is 1. The summed E-state index contributed by atoms with van der Waals surface area (Å²) in [4.78, 5) is 83.1. The molecule has 3 rings (SSSR count). The van der Waals surface area contributed by atoms with Crippen molar-refractivity contribution in [1.29, 1.82) is 0 Å². The van der Waals surface area contributed by atoms with Gasteiger partial charge in [0, 0.05) is 12.8 Å². The molecule has 3 aromatic rings. The van der Waals surface area contributed by atoms with Crippen molar-refractivity contribution in [1.82, 2.24) is 20.9 Å². The van der Waals surface area contributed by atoms with E-state index in [1.165, 1.54) is 26.0 Å². The molecule has 6 N–H and O–H groups in total. The van der Waals surface area contributed by atoms with Crippen molar-refractivity contribution in [3.8, 4) is 5.75 Å². The van der Waals surface area contributed by atoms with Gasteiger partial charge in [-0.25, -0.2) is 9.59 Å². The van der Waals surface area contributed by atoms with Crippen LogP contribution in [0.25, 0.3) is 0 Å². The van der Waals surface area contributed by atoms with Crippen molar-refractivity contribution < 1.29 is 43.3 Å². The minimum absolute atomic E-state index is 0.00160. The Morgan fingerprint density at radius 1 is 0.732 bits per heavy atom. The molecule has 3 atom stereocenters. The third-order valence-corrected chi connectivity index (χ3v) is 8.25. The number of hydrogen-bond donors (Lipinski definition) is 5. The van der Waals surface area contributed by atoms with E-state index >= 15 is 0 Å². The van der Waals surface area contributed by atoms with Crippen molar-refractivity contribution in [2.75, 3.05) is 6.54 Å². The van der Waals surface area contributed by atoms with Gasteiger partial charge in [0.2, 0.25) is 23.6 Å². The number of benzene rings is 3. The molecule has 0 aliphatic carbocycles. The number of alkyl carbamates (subject to hydrolysis) is 1. The van der Waals surface area contributed by atoms with Crippen LogP contribution in [0.15, 0.2) is 84.9 Å². The number of nitrogens with two attached hydrogens (primary N) is 1. The fourth-order valence-electron chi connectivity index (χ4n) is 5.56. The van der Waals surface area contributed by atoms with Crippen LogP contribution in [0.1, 0.15) is 71.6 Å². The van der Waals surface area contributed by atoms with Crippen LogP contribution in [-0.4, -0.2) is 81.5 Å². The van der Waals surface area contributed by atoms with Gasteiger partial charge in [-0.15, -0.1) is 0 Å². The minimum Gasteiger partial charge on any atom is -0.508 e. The molecular weight excluding hydrogens is 718 g/mol. The molecule has 0 saturated carbocycles. The van der Waals surface area contributed by atoms with E-state index in [1.807, 2.05) is 32.0 Å². The van der Waals surface area contributed by atoms with Gasteiger partial charge in [-0.1, -0.05) is 86.6 Å². The molecule has 0 heterocycles. The van der Waals surface area contributed by atoms with Gasteiger partial charge in [0.1, 0.15) is 36.1 Å². The van der Waals surface area contributed by atoms with Crippen LogP contribution in [0.5, 0.6) is 5.75 Å². The van der Waals surface area contributed by atoms with Crippen LogP contribution < -0.4 is 21.7 Å². The van der Waals surface area contributed by atoms with E-state index in [9.17, 15) is 33.9 Å². The number of carbonyl (C=O) groups excluding carboxylic acids is 6. The molecule has 0 spiro atoms. The summed E-state index contributed by atoms with van der Waals surface area (Å²) in [6, 6.07) is 19.8. The SMILES string of the molecule is CC(C)C[C@H](NC(=O)[C@H](Cc1ccccc1)N(C(=O)CNC(=O)[C@H](Cc1ccc(O)cc1)NC(=O)OC(C)(C)C)C(=O)C(C)(C)N)C(=O)OCc1ccccc1. The standard InChI is InChI=1S/C42H55N5O9/c1-27(2)22-33(38(52)55-26-30-16-12-9-13-17-30)45-37(51)34(24-28-14-10-8-11-15-28)47(39(53)42(6,7)43)35(49)25-44-36(50)32(46-40(54)56-41(3,4)5)23-29-18-20-31(48)21-19-29/h8-21,27,32-34,48H,22-26,43H2,1-7H3,(H,44,50)(H,45,51)(H,46,54)/t32-,33-,34-/m0/s1. The van der Waals surface area contributed by atoms with Crippen LogP contribution in [0.2, 0.25) is 0 Å². The molecule has 14 nitrogen and oxygen atoms in total. The summed E-state index contributed by atoms with van der Waals surface area (Å²) in [5.41, 5.74) is 5.64. The van der Waals surface area contributed by atoms with E-state index in [0.29, 0.717) is 11.1 Å². The number of carbonyl (C=O) groups is 6. The lowest BCUT2D eigenvalue weighted by Crippen LogP contribution is -2.63. The first-order valence-corrected chi connectivity index (χ1v) is 18.5. The Hall–Kier alpha value is -5.76. The summed E-state index contributed by atoms with van der Waals surface area (Å²) < 4.78 is 10.9. The molecule has 0 unspecified atom stereocenters. The van der Waals surface area contributed by atoms with Gasteiger partial charge in [-0.3, -0.25) is 24.1 Å². The molecule has 56 heavy (non-hydrogen) atoms.